The van der Waals surface area contributed by atoms with Crippen LogP contribution in [0, 0.1) is 12.7 Å². The fraction of sp³-hybridized carbons (Fsp3) is 0.385. The van der Waals surface area contributed by atoms with E-state index in [0.29, 0.717) is 24.4 Å². The maximum absolute atomic E-state index is 14.0. The third-order valence-electron chi connectivity index (χ3n) is 6.29. The topological polar surface area (TPSA) is 74.9 Å². The first-order chi connectivity index (χ1) is 16.9. The highest BCUT2D eigenvalue weighted by Gasteiger charge is 2.26. The molecule has 1 aliphatic rings. The fourth-order valence-corrected chi connectivity index (χ4v) is 5.32. The van der Waals surface area contributed by atoms with Crippen LogP contribution < -0.4 is 4.74 Å². The summed E-state index contributed by atoms with van der Waals surface area (Å²) in [6.45, 7) is 8.10. The van der Waals surface area contributed by atoms with Crippen LogP contribution in [0.4, 0.5) is 4.39 Å². The van der Waals surface area contributed by atoms with Gasteiger partial charge >= 0.3 is 0 Å². The Labute approximate surface area is 207 Å². The van der Waals surface area contributed by atoms with Crippen molar-refractivity contribution in [3.05, 3.63) is 65.0 Å². The molecule has 5 rings (SSSR count). The summed E-state index contributed by atoms with van der Waals surface area (Å²) in [5, 5.41) is 15.7. The second kappa shape index (κ2) is 10.4. The van der Waals surface area contributed by atoms with Crippen LogP contribution >= 0.6 is 11.3 Å². The fourth-order valence-electron chi connectivity index (χ4n) is 4.52. The van der Waals surface area contributed by atoms with Gasteiger partial charge < -0.3 is 14.4 Å². The molecule has 0 aliphatic carbocycles. The lowest BCUT2D eigenvalue weighted by Crippen LogP contribution is -2.53. The second-order valence-electron chi connectivity index (χ2n) is 9.07. The molecule has 2 aromatic heterocycles. The van der Waals surface area contributed by atoms with Crippen molar-refractivity contribution >= 4 is 21.6 Å². The Bertz CT molecular complexity index is 1290. The Hall–Kier alpha value is -2.85. The molecule has 35 heavy (non-hydrogen) atoms. The van der Waals surface area contributed by atoms with Gasteiger partial charge in [-0.05, 0) is 38.1 Å². The van der Waals surface area contributed by atoms with Crippen LogP contribution in [-0.2, 0) is 6.54 Å². The largest absolute Gasteiger partial charge is 0.491 e. The SMILES string of the molecule is Cc1nc2cc(OC[C@H](O)CN3CCN(Cc4cc(-c5ccccc5F)on4)C[C@@H]3C)ccc2s1. The van der Waals surface area contributed by atoms with E-state index >= 15 is 0 Å². The number of aliphatic hydroxyl groups is 1. The van der Waals surface area contributed by atoms with Crippen molar-refractivity contribution in [2.45, 2.75) is 32.5 Å². The van der Waals surface area contributed by atoms with Crippen molar-refractivity contribution in [2.75, 3.05) is 32.8 Å². The molecule has 1 aliphatic heterocycles. The normalized spacial score (nSPS) is 18.2. The molecule has 1 N–H and O–H groups in total. The van der Waals surface area contributed by atoms with E-state index in [4.69, 9.17) is 9.26 Å². The Morgan fingerprint density at radius 3 is 2.91 bits per heavy atom. The van der Waals surface area contributed by atoms with Gasteiger partial charge in [-0.25, -0.2) is 9.37 Å². The van der Waals surface area contributed by atoms with E-state index in [1.54, 1.807) is 35.6 Å². The van der Waals surface area contributed by atoms with Gasteiger partial charge in [0.15, 0.2) is 5.76 Å². The lowest BCUT2D eigenvalue weighted by Gasteiger charge is -2.40. The number of ether oxygens (including phenoxy) is 1. The van der Waals surface area contributed by atoms with Gasteiger partial charge in [0.1, 0.15) is 24.3 Å². The van der Waals surface area contributed by atoms with Gasteiger partial charge in [-0.3, -0.25) is 9.80 Å². The third-order valence-corrected chi connectivity index (χ3v) is 7.24. The number of thiazole rings is 1. The first kappa shape index (κ1) is 23.9. The standard InChI is InChI=1S/C26H29FN4O3S/c1-17-13-30(14-19-11-25(34-29-19)22-5-3-4-6-23(22)27)9-10-31(17)15-20(32)16-33-21-7-8-26-24(12-21)28-18(2)35-26/h3-8,11-12,17,20,32H,9-10,13-16H2,1-2H3/t17-,20+/m0/s1. The summed E-state index contributed by atoms with van der Waals surface area (Å²) in [6, 6.07) is 14.5. The Kier molecular flexibility index (Phi) is 7.10. The second-order valence-corrected chi connectivity index (χ2v) is 10.3. The zero-order valence-electron chi connectivity index (χ0n) is 19.9. The van der Waals surface area contributed by atoms with Gasteiger partial charge in [0.05, 0.1) is 26.5 Å². The number of β-amino-alcohol motifs (C(OH)–C–C–N with tert-alkyl or cyclic N) is 1. The molecule has 0 saturated carbocycles. The number of aromatic nitrogens is 2. The van der Waals surface area contributed by atoms with Gasteiger partial charge in [0.2, 0.25) is 0 Å². The average Bonchev–Trinajstić information content (AvgIpc) is 3.45. The number of benzene rings is 2. The Morgan fingerprint density at radius 1 is 1.23 bits per heavy atom. The molecular formula is C26H29FN4O3S. The van der Waals surface area contributed by atoms with Gasteiger partial charge in [0.25, 0.3) is 0 Å². The van der Waals surface area contributed by atoms with Gasteiger partial charge in [-0.1, -0.05) is 17.3 Å². The predicted octanol–water partition coefficient (Wildman–Crippen LogP) is 4.34. The summed E-state index contributed by atoms with van der Waals surface area (Å²) >= 11 is 1.66. The third kappa shape index (κ3) is 5.70. The molecular weight excluding hydrogens is 467 g/mol. The number of hydrogen-bond donors (Lipinski definition) is 1. The molecule has 1 fully saturated rings. The molecule has 0 bridgehead atoms. The highest BCUT2D eigenvalue weighted by atomic mass is 32.1. The minimum atomic E-state index is -0.587. The molecule has 2 aromatic carbocycles. The van der Waals surface area contributed by atoms with Crippen LogP contribution in [0.5, 0.6) is 5.75 Å². The quantitative estimate of drug-likeness (QED) is 0.389. The maximum atomic E-state index is 14.0. The van der Waals surface area contributed by atoms with Crippen LogP contribution in [-0.4, -0.2) is 70.0 Å². The molecule has 0 unspecified atom stereocenters. The van der Waals surface area contributed by atoms with E-state index in [2.05, 4.69) is 26.9 Å². The Morgan fingerprint density at radius 2 is 2.09 bits per heavy atom. The molecule has 3 heterocycles. The molecule has 4 aromatic rings. The lowest BCUT2D eigenvalue weighted by molar-refractivity contribution is 0.0192. The molecule has 184 valence electrons. The summed E-state index contributed by atoms with van der Waals surface area (Å²) < 4.78 is 26.4. The Balaban J connectivity index is 1.10. The summed E-state index contributed by atoms with van der Waals surface area (Å²) in [6.07, 6.45) is -0.587. The van der Waals surface area contributed by atoms with Crippen molar-refractivity contribution in [3.8, 4) is 17.1 Å². The molecule has 0 radical (unpaired) electrons. The smallest absolute Gasteiger partial charge is 0.170 e. The number of rotatable bonds is 8. The summed E-state index contributed by atoms with van der Waals surface area (Å²) in [4.78, 5) is 9.08. The minimum Gasteiger partial charge on any atom is -0.491 e. The molecule has 9 heteroatoms. The number of fused-ring (bicyclic) bond motifs is 1. The first-order valence-corrected chi connectivity index (χ1v) is 12.6. The number of halogens is 1. The van der Waals surface area contributed by atoms with Crippen LogP contribution in [0.25, 0.3) is 21.5 Å². The number of piperazine rings is 1. The van der Waals surface area contributed by atoms with Crippen molar-refractivity contribution in [1.29, 1.82) is 0 Å². The van der Waals surface area contributed by atoms with Crippen molar-refractivity contribution in [3.63, 3.8) is 0 Å². The number of aliphatic hydroxyl groups excluding tert-OH is 1. The van der Waals surface area contributed by atoms with Crippen molar-refractivity contribution < 1.29 is 18.8 Å². The number of hydrogen-bond acceptors (Lipinski definition) is 8. The van der Waals surface area contributed by atoms with E-state index < -0.39 is 6.10 Å². The summed E-state index contributed by atoms with van der Waals surface area (Å²) in [7, 11) is 0. The molecule has 7 nitrogen and oxygen atoms in total. The first-order valence-electron chi connectivity index (χ1n) is 11.8. The minimum absolute atomic E-state index is 0.235. The molecule has 0 spiro atoms. The highest BCUT2D eigenvalue weighted by molar-refractivity contribution is 7.18. The average molecular weight is 497 g/mol. The van der Waals surface area contributed by atoms with E-state index in [0.717, 1.165) is 46.3 Å². The monoisotopic (exact) mass is 496 g/mol. The molecule has 1 saturated heterocycles. The summed E-state index contributed by atoms with van der Waals surface area (Å²) in [5.41, 5.74) is 2.13. The van der Waals surface area contributed by atoms with Crippen molar-refractivity contribution in [2.24, 2.45) is 0 Å². The van der Waals surface area contributed by atoms with E-state index in [9.17, 15) is 9.50 Å². The maximum Gasteiger partial charge on any atom is 0.170 e. The summed E-state index contributed by atoms with van der Waals surface area (Å²) in [5.74, 6) is 0.845. The van der Waals surface area contributed by atoms with Crippen LogP contribution in [0.1, 0.15) is 17.6 Å². The molecule has 0 amide bonds. The number of aryl methyl sites for hydroxylation is 1. The zero-order valence-corrected chi connectivity index (χ0v) is 20.7. The van der Waals surface area contributed by atoms with E-state index in [-0.39, 0.29) is 18.5 Å². The van der Waals surface area contributed by atoms with Crippen LogP contribution in [0.3, 0.4) is 0 Å². The molecule has 2 atom stereocenters. The van der Waals surface area contributed by atoms with Crippen molar-refractivity contribution in [1.82, 2.24) is 19.9 Å². The number of nitrogens with zero attached hydrogens (tertiary/aromatic N) is 4. The van der Waals surface area contributed by atoms with E-state index in [1.807, 2.05) is 25.1 Å². The van der Waals surface area contributed by atoms with E-state index in [1.165, 1.54) is 6.07 Å². The highest BCUT2D eigenvalue weighted by Crippen LogP contribution is 2.26. The predicted molar refractivity (Wildman–Crippen MR) is 134 cm³/mol. The zero-order chi connectivity index (χ0) is 24.4. The van der Waals surface area contributed by atoms with Gasteiger partial charge in [-0.15, -0.1) is 11.3 Å². The van der Waals surface area contributed by atoms with Crippen LogP contribution in [0.15, 0.2) is 53.1 Å². The van der Waals surface area contributed by atoms with Gasteiger partial charge in [-0.2, -0.15) is 0 Å². The van der Waals surface area contributed by atoms with Crippen LogP contribution in [0.2, 0.25) is 0 Å². The lowest BCUT2D eigenvalue weighted by atomic mass is 10.1. The van der Waals surface area contributed by atoms with Gasteiger partial charge in [0, 0.05) is 50.9 Å².